The Labute approximate surface area is 122 Å². The van der Waals surface area contributed by atoms with Crippen molar-refractivity contribution in [1.82, 2.24) is 10.7 Å². The molecule has 5 nitrogen and oxygen atoms in total. The van der Waals surface area contributed by atoms with Crippen LogP contribution in [0.15, 0.2) is 22.6 Å². The molecule has 0 saturated heterocycles. The number of rotatable bonds is 5. The number of nitrogens with one attached hydrogen (secondary N) is 2. The minimum absolute atomic E-state index is 0.168. The topological polar surface area (TPSA) is 70.6 Å². The first-order valence-corrected chi connectivity index (χ1v) is 7.77. The maximum Gasteiger partial charge on any atom is 0.249 e. The van der Waals surface area contributed by atoms with Crippen LogP contribution in [0.2, 0.25) is 0 Å². The van der Waals surface area contributed by atoms with Gasteiger partial charge in [-0.1, -0.05) is 25.3 Å². The number of hydrogen-bond acceptors (Lipinski definition) is 4. The Morgan fingerprint density at radius 3 is 2.80 bits per heavy atom. The lowest BCUT2D eigenvalue weighted by Gasteiger charge is -2.22. The molecule has 0 radical (unpaired) electrons. The number of nitrogens with zero attached hydrogens (tertiary/aromatic N) is 1. The zero-order valence-electron chi connectivity index (χ0n) is 11.3. The Balaban J connectivity index is 1.66. The van der Waals surface area contributed by atoms with Crippen molar-refractivity contribution in [3.8, 4) is 0 Å². The molecule has 0 bridgehead atoms. The van der Waals surface area contributed by atoms with E-state index in [1.165, 1.54) is 17.8 Å². The molecule has 108 valence electrons. The van der Waals surface area contributed by atoms with Gasteiger partial charge in [0.1, 0.15) is 6.42 Å². The summed E-state index contributed by atoms with van der Waals surface area (Å²) in [5.74, 6) is -0.605. The highest BCUT2D eigenvalue weighted by molar-refractivity contribution is 7.11. The Bertz CT molecular complexity index is 465. The lowest BCUT2D eigenvalue weighted by molar-refractivity contribution is -0.129. The van der Waals surface area contributed by atoms with E-state index in [4.69, 9.17) is 0 Å². The summed E-state index contributed by atoms with van der Waals surface area (Å²) in [6.45, 7) is 0. The van der Waals surface area contributed by atoms with E-state index in [1.54, 1.807) is 6.21 Å². The summed E-state index contributed by atoms with van der Waals surface area (Å²) >= 11 is 1.53. The van der Waals surface area contributed by atoms with Crippen LogP contribution in [-0.2, 0) is 9.59 Å². The first kappa shape index (κ1) is 14.7. The van der Waals surface area contributed by atoms with Crippen LogP contribution in [0.1, 0.15) is 43.4 Å². The summed E-state index contributed by atoms with van der Waals surface area (Å²) in [5.41, 5.74) is 2.37. The van der Waals surface area contributed by atoms with Crippen molar-refractivity contribution in [2.75, 3.05) is 0 Å². The second kappa shape index (κ2) is 7.79. The molecular formula is C14H19N3O2S. The van der Waals surface area contributed by atoms with Crippen LogP contribution in [0.3, 0.4) is 0 Å². The third-order valence-electron chi connectivity index (χ3n) is 3.22. The number of carbonyl (C=O) groups excluding carboxylic acids is 2. The van der Waals surface area contributed by atoms with E-state index >= 15 is 0 Å². The van der Waals surface area contributed by atoms with Crippen LogP contribution in [0, 0.1) is 0 Å². The van der Waals surface area contributed by atoms with E-state index in [0.717, 1.165) is 30.6 Å². The molecule has 2 rings (SSSR count). The quantitative estimate of drug-likeness (QED) is 0.495. The van der Waals surface area contributed by atoms with Gasteiger partial charge in [0.2, 0.25) is 11.8 Å². The molecule has 0 unspecified atom stereocenters. The summed E-state index contributed by atoms with van der Waals surface area (Å²) in [7, 11) is 0. The van der Waals surface area contributed by atoms with Crippen molar-refractivity contribution >= 4 is 29.4 Å². The lowest BCUT2D eigenvalue weighted by atomic mass is 9.95. The maximum absolute atomic E-state index is 11.7. The molecule has 6 heteroatoms. The van der Waals surface area contributed by atoms with Crippen LogP contribution >= 0.6 is 11.3 Å². The van der Waals surface area contributed by atoms with Gasteiger partial charge in [-0.15, -0.1) is 11.3 Å². The molecule has 2 amide bonds. The molecule has 20 heavy (non-hydrogen) atoms. The van der Waals surface area contributed by atoms with E-state index in [9.17, 15) is 9.59 Å². The van der Waals surface area contributed by atoms with Gasteiger partial charge >= 0.3 is 0 Å². The standard InChI is InChI=1S/C14H19N3O2S/c18-13(16-11-5-2-1-3-6-11)9-14(19)17-15-10-12-7-4-8-20-12/h4,7-8,10-11H,1-3,5-6,9H2,(H,16,18)(H,17,19)/b15-10-. The summed E-state index contributed by atoms with van der Waals surface area (Å²) in [6, 6.07) is 4.04. The third kappa shape index (κ3) is 5.13. The monoisotopic (exact) mass is 293 g/mol. The fourth-order valence-electron chi connectivity index (χ4n) is 2.24. The van der Waals surface area contributed by atoms with Crippen molar-refractivity contribution in [3.63, 3.8) is 0 Å². The number of thiophene rings is 1. The molecule has 1 aromatic rings. The van der Waals surface area contributed by atoms with Crippen LogP contribution in [-0.4, -0.2) is 24.1 Å². The Morgan fingerprint density at radius 2 is 2.10 bits per heavy atom. The maximum atomic E-state index is 11.7. The smallest absolute Gasteiger partial charge is 0.249 e. The molecule has 1 fully saturated rings. The largest absolute Gasteiger partial charge is 0.353 e. The lowest BCUT2D eigenvalue weighted by Crippen LogP contribution is -2.38. The van der Waals surface area contributed by atoms with Crippen molar-refractivity contribution in [1.29, 1.82) is 0 Å². The second-order valence-electron chi connectivity index (χ2n) is 4.89. The highest BCUT2D eigenvalue weighted by Gasteiger charge is 2.17. The van der Waals surface area contributed by atoms with E-state index in [-0.39, 0.29) is 24.3 Å². The first-order chi connectivity index (χ1) is 9.74. The van der Waals surface area contributed by atoms with E-state index in [1.807, 2.05) is 17.5 Å². The molecular weight excluding hydrogens is 274 g/mol. The molecule has 0 aromatic carbocycles. The number of carbonyl (C=O) groups is 2. The normalized spacial score (nSPS) is 16.2. The van der Waals surface area contributed by atoms with Gasteiger partial charge in [0.25, 0.3) is 0 Å². The first-order valence-electron chi connectivity index (χ1n) is 6.89. The number of hydrogen-bond donors (Lipinski definition) is 2. The van der Waals surface area contributed by atoms with Gasteiger partial charge in [-0.2, -0.15) is 5.10 Å². The Hall–Kier alpha value is -1.69. The second-order valence-corrected chi connectivity index (χ2v) is 5.87. The summed E-state index contributed by atoms with van der Waals surface area (Å²) in [6.07, 6.45) is 6.99. The third-order valence-corrected chi connectivity index (χ3v) is 4.02. The number of amides is 2. The predicted octanol–water partition coefficient (Wildman–Crippen LogP) is 2.04. The molecule has 1 heterocycles. The summed E-state index contributed by atoms with van der Waals surface area (Å²) < 4.78 is 0. The predicted molar refractivity (Wildman–Crippen MR) is 79.7 cm³/mol. The molecule has 1 saturated carbocycles. The van der Waals surface area contributed by atoms with Crippen LogP contribution in [0.25, 0.3) is 0 Å². The summed E-state index contributed by atoms with van der Waals surface area (Å²) in [4.78, 5) is 24.2. The highest BCUT2D eigenvalue weighted by atomic mass is 32.1. The van der Waals surface area contributed by atoms with Gasteiger partial charge in [0.05, 0.1) is 6.21 Å². The van der Waals surface area contributed by atoms with E-state index < -0.39 is 0 Å². The minimum atomic E-state index is -0.383. The zero-order chi connectivity index (χ0) is 14.2. The molecule has 0 spiro atoms. The fraction of sp³-hybridized carbons (Fsp3) is 0.500. The molecule has 0 atom stereocenters. The van der Waals surface area contributed by atoms with Crippen LogP contribution in [0.5, 0.6) is 0 Å². The van der Waals surface area contributed by atoms with Crippen molar-refractivity contribution in [3.05, 3.63) is 22.4 Å². The Morgan fingerprint density at radius 1 is 1.30 bits per heavy atom. The average molecular weight is 293 g/mol. The zero-order valence-corrected chi connectivity index (χ0v) is 12.1. The Kier molecular flexibility index (Phi) is 5.73. The van der Waals surface area contributed by atoms with Crippen molar-refractivity contribution in [2.24, 2.45) is 5.10 Å². The average Bonchev–Trinajstić information content (AvgIpc) is 2.93. The highest BCUT2D eigenvalue weighted by Crippen LogP contribution is 2.17. The van der Waals surface area contributed by atoms with Crippen molar-refractivity contribution < 1.29 is 9.59 Å². The molecule has 1 aromatic heterocycles. The molecule has 1 aliphatic rings. The van der Waals surface area contributed by atoms with Gasteiger partial charge in [0, 0.05) is 10.9 Å². The van der Waals surface area contributed by atoms with Gasteiger partial charge in [-0.3, -0.25) is 9.59 Å². The fourth-order valence-corrected chi connectivity index (χ4v) is 2.83. The van der Waals surface area contributed by atoms with Crippen LogP contribution in [0.4, 0.5) is 0 Å². The summed E-state index contributed by atoms with van der Waals surface area (Å²) in [5, 5.41) is 8.65. The SMILES string of the molecule is O=C(CC(=O)NC1CCCCC1)N/N=C\c1cccs1. The van der Waals surface area contributed by atoms with Crippen molar-refractivity contribution in [2.45, 2.75) is 44.6 Å². The molecule has 1 aliphatic carbocycles. The van der Waals surface area contributed by atoms with E-state index in [0.29, 0.717) is 0 Å². The molecule has 2 N–H and O–H groups in total. The van der Waals surface area contributed by atoms with Gasteiger partial charge in [0.15, 0.2) is 0 Å². The van der Waals surface area contributed by atoms with Gasteiger partial charge < -0.3 is 5.32 Å². The van der Waals surface area contributed by atoms with Crippen LogP contribution < -0.4 is 10.7 Å². The van der Waals surface area contributed by atoms with Gasteiger partial charge in [-0.25, -0.2) is 5.43 Å². The van der Waals surface area contributed by atoms with E-state index in [2.05, 4.69) is 15.8 Å². The van der Waals surface area contributed by atoms with Gasteiger partial charge in [-0.05, 0) is 24.3 Å². The molecule has 0 aliphatic heterocycles. The minimum Gasteiger partial charge on any atom is -0.353 e. The number of hydrazone groups is 1.